The number of aryl methyl sites for hydroxylation is 1. The van der Waals surface area contributed by atoms with E-state index in [4.69, 9.17) is 27.9 Å². The number of amides is 1. The first kappa shape index (κ1) is 29.9. The summed E-state index contributed by atoms with van der Waals surface area (Å²) >= 11 is 12.2. The van der Waals surface area contributed by atoms with Gasteiger partial charge in [0.15, 0.2) is 0 Å². The largest absolute Gasteiger partial charge is 1.00 e. The first-order valence-corrected chi connectivity index (χ1v) is 12.8. The van der Waals surface area contributed by atoms with Crippen LogP contribution in [0.3, 0.4) is 0 Å². The van der Waals surface area contributed by atoms with Crippen molar-refractivity contribution in [2.45, 2.75) is 11.8 Å². The SMILES string of the molecule is COc1cc(NC(=O)c2cc3ccccc3c(N=Nc3cc(S(=O)(=O)O)c(C)cc3Cl)c2[O-])ccc1Cl.[Na+]. The van der Waals surface area contributed by atoms with Gasteiger partial charge in [-0.15, -0.1) is 5.11 Å². The summed E-state index contributed by atoms with van der Waals surface area (Å²) in [6.07, 6.45) is 0. The van der Waals surface area contributed by atoms with Gasteiger partial charge in [-0.1, -0.05) is 53.2 Å². The first-order valence-electron chi connectivity index (χ1n) is 10.6. The Bertz CT molecular complexity index is 1700. The molecule has 4 rings (SSSR count). The molecule has 4 aromatic rings. The number of anilines is 1. The summed E-state index contributed by atoms with van der Waals surface area (Å²) < 4.78 is 38.0. The predicted octanol–water partition coefficient (Wildman–Crippen LogP) is 3.46. The summed E-state index contributed by atoms with van der Waals surface area (Å²) in [5.41, 5.74) is 0.119. The van der Waals surface area contributed by atoms with E-state index in [0.29, 0.717) is 27.2 Å². The van der Waals surface area contributed by atoms with Crippen LogP contribution in [0.15, 0.2) is 75.8 Å². The van der Waals surface area contributed by atoms with Crippen LogP contribution in [0.2, 0.25) is 10.0 Å². The van der Waals surface area contributed by atoms with Crippen LogP contribution < -0.4 is 44.7 Å². The van der Waals surface area contributed by atoms with E-state index in [9.17, 15) is 22.9 Å². The Morgan fingerprint density at radius 3 is 2.42 bits per heavy atom. The van der Waals surface area contributed by atoms with Crippen molar-refractivity contribution in [1.82, 2.24) is 0 Å². The van der Waals surface area contributed by atoms with Crippen molar-refractivity contribution >= 4 is 67.1 Å². The van der Waals surface area contributed by atoms with E-state index in [0.717, 1.165) is 6.07 Å². The fraction of sp³-hybridized carbons (Fsp3) is 0.0800. The molecule has 4 aromatic carbocycles. The second kappa shape index (κ2) is 12.0. The van der Waals surface area contributed by atoms with Crippen molar-refractivity contribution in [1.29, 1.82) is 0 Å². The van der Waals surface area contributed by atoms with Crippen LogP contribution in [-0.2, 0) is 10.1 Å². The van der Waals surface area contributed by atoms with Crippen molar-refractivity contribution < 1.29 is 57.2 Å². The number of ether oxygens (including phenoxy) is 1. The fourth-order valence-corrected chi connectivity index (χ4v) is 4.79. The van der Waals surface area contributed by atoms with E-state index in [1.54, 1.807) is 36.4 Å². The number of hydrogen-bond acceptors (Lipinski definition) is 7. The van der Waals surface area contributed by atoms with E-state index < -0.39 is 26.7 Å². The second-order valence-corrected chi connectivity index (χ2v) is 10.1. The summed E-state index contributed by atoms with van der Waals surface area (Å²) in [4.78, 5) is 12.7. The molecular weight excluding hydrogens is 564 g/mol. The molecule has 0 heterocycles. The quantitative estimate of drug-likeness (QED) is 0.203. The number of rotatable bonds is 6. The van der Waals surface area contributed by atoms with Crippen molar-refractivity contribution in [3.8, 4) is 11.5 Å². The van der Waals surface area contributed by atoms with Crippen LogP contribution in [0.4, 0.5) is 17.1 Å². The number of carbonyl (C=O) groups excluding carboxylic acids is 1. The molecule has 0 radical (unpaired) electrons. The molecule has 1 amide bonds. The Labute approximate surface area is 250 Å². The van der Waals surface area contributed by atoms with Gasteiger partial charge in [0.05, 0.1) is 27.7 Å². The van der Waals surface area contributed by atoms with Crippen LogP contribution in [0, 0.1) is 6.92 Å². The number of azo groups is 1. The van der Waals surface area contributed by atoms with Gasteiger partial charge in [0.1, 0.15) is 11.4 Å². The monoisotopic (exact) mass is 581 g/mol. The smallest absolute Gasteiger partial charge is 0.870 e. The number of nitrogens with one attached hydrogen (secondary N) is 1. The minimum Gasteiger partial charge on any atom is -0.870 e. The van der Waals surface area contributed by atoms with E-state index in [1.165, 1.54) is 32.2 Å². The maximum Gasteiger partial charge on any atom is 1.00 e. The van der Waals surface area contributed by atoms with Gasteiger partial charge in [-0.2, -0.15) is 13.5 Å². The van der Waals surface area contributed by atoms with Gasteiger partial charge in [0.25, 0.3) is 16.0 Å². The molecule has 0 saturated heterocycles. The Kier molecular flexibility index (Phi) is 9.43. The second-order valence-electron chi connectivity index (χ2n) is 7.87. The first-order chi connectivity index (χ1) is 17.5. The summed E-state index contributed by atoms with van der Waals surface area (Å²) in [5.74, 6) is -1.06. The van der Waals surface area contributed by atoms with Crippen molar-refractivity contribution in [3.63, 3.8) is 0 Å². The number of nitrogens with zero attached hydrogens (tertiary/aromatic N) is 2. The Balaban J connectivity index is 0.00000400. The zero-order chi connectivity index (χ0) is 26.9. The Hall–Kier alpha value is -2.70. The molecular formula is C25H18Cl2N3NaO6S. The van der Waals surface area contributed by atoms with E-state index in [-0.39, 0.29) is 57.1 Å². The minimum absolute atomic E-state index is 0. The molecule has 0 unspecified atom stereocenters. The summed E-state index contributed by atoms with van der Waals surface area (Å²) in [6, 6.07) is 15.2. The van der Waals surface area contributed by atoms with Crippen LogP contribution in [0.5, 0.6) is 11.5 Å². The third kappa shape index (κ3) is 6.29. The molecule has 38 heavy (non-hydrogen) atoms. The van der Waals surface area contributed by atoms with Gasteiger partial charge in [-0.3, -0.25) is 9.35 Å². The van der Waals surface area contributed by atoms with Gasteiger partial charge in [0, 0.05) is 22.7 Å². The molecule has 0 aliphatic heterocycles. The third-order valence-corrected chi connectivity index (χ3v) is 7.02. The standard InChI is InChI=1S/C25H19Cl2N3O6S.Na/c1-13-9-19(27)20(12-22(13)37(33,34)35)29-30-23-16-6-4-3-5-14(16)10-17(24(23)31)25(32)28-15-7-8-18(26)21(11-15)36-2;/h3-12,31H,1-2H3,(H,28,32)(H,33,34,35);/q;+1/p-1. The zero-order valence-corrected chi connectivity index (χ0v) is 24.6. The molecule has 0 atom stereocenters. The molecule has 9 nitrogen and oxygen atoms in total. The van der Waals surface area contributed by atoms with Crippen LogP contribution in [-0.4, -0.2) is 26.0 Å². The van der Waals surface area contributed by atoms with E-state index >= 15 is 0 Å². The molecule has 0 fully saturated rings. The van der Waals surface area contributed by atoms with Crippen molar-refractivity contribution in [2.24, 2.45) is 10.2 Å². The van der Waals surface area contributed by atoms with Gasteiger partial charge in [-0.25, -0.2) is 0 Å². The number of halogens is 2. The zero-order valence-electron chi connectivity index (χ0n) is 20.3. The molecule has 0 bridgehead atoms. The molecule has 0 saturated carbocycles. The Morgan fingerprint density at radius 1 is 1.03 bits per heavy atom. The molecule has 0 aliphatic rings. The average molecular weight is 582 g/mol. The topological polar surface area (TPSA) is 140 Å². The van der Waals surface area contributed by atoms with Gasteiger partial charge >= 0.3 is 29.6 Å². The van der Waals surface area contributed by atoms with Crippen molar-refractivity contribution in [3.05, 3.63) is 81.8 Å². The van der Waals surface area contributed by atoms with Gasteiger partial charge < -0.3 is 15.2 Å². The maximum absolute atomic E-state index is 13.3. The molecule has 2 N–H and O–H groups in total. The summed E-state index contributed by atoms with van der Waals surface area (Å²) in [7, 11) is -3.11. The fourth-order valence-electron chi connectivity index (χ4n) is 3.61. The van der Waals surface area contributed by atoms with Gasteiger partial charge in [-0.05, 0) is 48.2 Å². The molecule has 190 valence electrons. The van der Waals surface area contributed by atoms with E-state index in [2.05, 4.69) is 15.5 Å². The predicted molar refractivity (Wildman–Crippen MR) is 140 cm³/mol. The number of hydrogen-bond donors (Lipinski definition) is 2. The average Bonchev–Trinajstić information content (AvgIpc) is 2.84. The van der Waals surface area contributed by atoms with Crippen molar-refractivity contribution in [2.75, 3.05) is 12.4 Å². The van der Waals surface area contributed by atoms with Crippen LogP contribution >= 0.6 is 23.2 Å². The summed E-state index contributed by atoms with van der Waals surface area (Å²) in [6.45, 7) is 1.46. The normalized spacial score (nSPS) is 11.4. The number of carbonyl (C=O) groups is 1. The van der Waals surface area contributed by atoms with Crippen LogP contribution in [0.25, 0.3) is 10.8 Å². The number of benzene rings is 4. The van der Waals surface area contributed by atoms with Crippen LogP contribution in [0.1, 0.15) is 15.9 Å². The molecule has 0 aromatic heterocycles. The maximum atomic E-state index is 13.3. The summed E-state index contributed by atoms with van der Waals surface area (Å²) in [5, 5.41) is 25.4. The Morgan fingerprint density at radius 2 is 1.74 bits per heavy atom. The third-order valence-electron chi connectivity index (χ3n) is 5.41. The number of methoxy groups -OCH3 is 1. The van der Waals surface area contributed by atoms with Gasteiger partial charge in [0.2, 0.25) is 0 Å². The molecule has 0 aliphatic carbocycles. The number of fused-ring (bicyclic) bond motifs is 1. The molecule has 0 spiro atoms. The minimum atomic E-state index is -4.55. The van der Waals surface area contributed by atoms with E-state index in [1.807, 2.05) is 0 Å². The molecule has 13 heteroatoms.